The molecule has 0 aromatic rings. The molecule has 0 saturated heterocycles. The molecule has 0 aromatic carbocycles. The van der Waals surface area contributed by atoms with Gasteiger partial charge in [-0.05, 0) is 23.6 Å². The Kier molecular flexibility index (Phi) is 2.38. The van der Waals surface area contributed by atoms with Gasteiger partial charge in [-0.1, -0.05) is 32.9 Å². The third-order valence-electron chi connectivity index (χ3n) is 1.59. The Labute approximate surface area is 69.2 Å². The Bertz CT molecular complexity index is 182. The molecule has 0 unspecified atom stereocenters. The Balaban J connectivity index is 2.49. The normalized spacial score (nSPS) is 17.5. The molecule has 0 aliphatic carbocycles. The molecule has 1 aliphatic rings. The van der Waals surface area contributed by atoms with Crippen LogP contribution in [0.25, 0.3) is 0 Å². The number of dihydropyridines is 1. The summed E-state index contributed by atoms with van der Waals surface area (Å²) >= 11 is 0. The Morgan fingerprint density at radius 3 is 2.64 bits per heavy atom. The minimum Gasteiger partial charge on any atom is -0.387 e. The first kappa shape index (κ1) is 8.38. The number of rotatable bonds is 1. The van der Waals surface area contributed by atoms with Crippen molar-refractivity contribution in [2.24, 2.45) is 5.41 Å². The van der Waals surface area contributed by atoms with E-state index in [9.17, 15) is 0 Å². The summed E-state index contributed by atoms with van der Waals surface area (Å²) in [5.74, 6) is 0. The van der Waals surface area contributed by atoms with E-state index in [0.717, 1.165) is 13.0 Å². The van der Waals surface area contributed by atoms with Crippen LogP contribution in [0.2, 0.25) is 0 Å². The molecule has 0 bridgehead atoms. The second-order valence-electron chi connectivity index (χ2n) is 4.27. The van der Waals surface area contributed by atoms with Crippen molar-refractivity contribution in [3.05, 3.63) is 23.9 Å². The molecule has 0 amide bonds. The lowest BCUT2D eigenvalue weighted by molar-refractivity contribution is 0.412. The van der Waals surface area contributed by atoms with Crippen molar-refractivity contribution in [2.75, 3.05) is 6.54 Å². The van der Waals surface area contributed by atoms with Crippen LogP contribution in [-0.4, -0.2) is 6.54 Å². The van der Waals surface area contributed by atoms with Crippen LogP contribution in [-0.2, 0) is 0 Å². The van der Waals surface area contributed by atoms with Crippen LogP contribution in [0.5, 0.6) is 0 Å². The zero-order chi connectivity index (χ0) is 8.32. The van der Waals surface area contributed by atoms with E-state index >= 15 is 0 Å². The highest BCUT2D eigenvalue weighted by atomic mass is 14.8. The Hall–Kier alpha value is -0.720. The summed E-state index contributed by atoms with van der Waals surface area (Å²) in [4.78, 5) is 0. The van der Waals surface area contributed by atoms with E-state index in [1.54, 1.807) is 0 Å². The topological polar surface area (TPSA) is 12.0 Å². The highest BCUT2D eigenvalue weighted by molar-refractivity contribution is 5.22. The van der Waals surface area contributed by atoms with Crippen molar-refractivity contribution in [1.29, 1.82) is 0 Å². The van der Waals surface area contributed by atoms with Gasteiger partial charge in [0.25, 0.3) is 0 Å². The smallest absolute Gasteiger partial charge is 0.0328 e. The lowest BCUT2D eigenvalue weighted by atomic mass is 9.88. The Morgan fingerprint density at radius 2 is 2.18 bits per heavy atom. The molecule has 0 atom stereocenters. The summed E-state index contributed by atoms with van der Waals surface area (Å²) in [6, 6.07) is 0. The van der Waals surface area contributed by atoms with Gasteiger partial charge in [-0.25, -0.2) is 0 Å². The summed E-state index contributed by atoms with van der Waals surface area (Å²) in [5, 5.41) is 3.21. The predicted molar refractivity (Wildman–Crippen MR) is 49.3 cm³/mol. The first-order chi connectivity index (χ1) is 5.08. The van der Waals surface area contributed by atoms with Gasteiger partial charge in [0.2, 0.25) is 0 Å². The van der Waals surface area contributed by atoms with Gasteiger partial charge in [0.1, 0.15) is 0 Å². The second-order valence-corrected chi connectivity index (χ2v) is 4.27. The Morgan fingerprint density at radius 1 is 1.45 bits per heavy atom. The van der Waals surface area contributed by atoms with E-state index in [4.69, 9.17) is 0 Å². The first-order valence-electron chi connectivity index (χ1n) is 4.17. The maximum Gasteiger partial charge on any atom is 0.0328 e. The van der Waals surface area contributed by atoms with Crippen molar-refractivity contribution in [3.63, 3.8) is 0 Å². The molecule has 0 spiro atoms. The van der Waals surface area contributed by atoms with Crippen LogP contribution in [0.15, 0.2) is 23.9 Å². The quantitative estimate of drug-likeness (QED) is 0.607. The fourth-order valence-electron chi connectivity index (χ4n) is 1.24. The summed E-state index contributed by atoms with van der Waals surface area (Å²) in [6.07, 6.45) is 7.64. The van der Waals surface area contributed by atoms with E-state index < -0.39 is 0 Å². The SMILES string of the molecule is CC(C)(C)CC1=CNCC=C1. The lowest BCUT2D eigenvalue weighted by Gasteiger charge is -2.20. The van der Waals surface area contributed by atoms with Crippen LogP contribution in [0.4, 0.5) is 0 Å². The van der Waals surface area contributed by atoms with Gasteiger partial charge in [0, 0.05) is 6.54 Å². The molecule has 62 valence electrons. The molecule has 0 radical (unpaired) electrons. The number of nitrogens with one attached hydrogen (secondary N) is 1. The maximum atomic E-state index is 3.21. The fraction of sp³-hybridized carbons (Fsp3) is 0.600. The summed E-state index contributed by atoms with van der Waals surface area (Å²) in [6.45, 7) is 7.76. The standard InChI is InChI=1S/C10H17N/c1-10(2,3)7-9-5-4-6-11-8-9/h4-5,8,11H,6-7H2,1-3H3. The summed E-state index contributed by atoms with van der Waals surface area (Å²) in [5.41, 5.74) is 1.80. The van der Waals surface area contributed by atoms with Gasteiger partial charge in [-0.3, -0.25) is 0 Å². The molecule has 0 aromatic heterocycles. The highest BCUT2D eigenvalue weighted by Crippen LogP contribution is 2.24. The minimum atomic E-state index is 0.398. The zero-order valence-corrected chi connectivity index (χ0v) is 7.65. The van der Waals surface area contributed by atoms with Crippen molar-refractivity contribution >= 4 is 0 Å². The van der Waals surface area contributed by atoms with Gasteiger partial charge >= 0.3 is 0 Å². The molecule has 1 rings (SSSR count). The van der Waals surface area contributed by atoms with E-state index in [0.29, 0.717) is 5.41 Å². The molecule has 1 nitrogen and oxygen atoms in total. The molecular weight excluding hydrogens is 134 g/mol. The van der Waals surface area contributed by atoms with E-state index in [1.165, 1.54) is 5.57 Å². The third kappa shape index (κ3) is 3.26. The number of allylic oxidation sites excluding steroid dienone is 2. The maximum absolute atomic E-state index is 3.21. The summed E-state index contributed by atoms with van der Waals surface area (Å²) < 4.78 is 0. The van der Waals surface area contributed by atoms with Crippen molar-refractivity contribution in [1.82, 2.24) is 5.32 Å². The van der Waals surface area contributed by atoms with Gasteiger partial charge in [0.05, 0.1) is 0 Å². The van der Waals surface area contributed by atoms with Gasteiger partial charge < -0.3 is 5.32 Å². The second kappa shape index (κ2) is 3.12. The van der Waals surface area contributed by atoms with Crippen molar-refractivity contribution in [3.8, 4) is 0 Å². The third-order valence-corrected chi connectivity index (χ3v) is 1.59. The van der Waals surface area contributed by atoms with Crippen LogP contribution in [0.3, 0.4) is 0 Å². The molecule has 11 heavy (non-hydrogen) atoms. The average molecular weight is 151 g/mol. The molecule has 0 saturated carbocycles. The summed E-state index contributed by atoms with van der Waals surface area (Å²) in [7, 11) is 0. The van der Waals surface area contributed by atoms with Crippen molar-refractivity contribution < 1.29 is 0 Å². The molecule has 0 fully saturated rings. The van der Waals surface area contributed by atoms with Crippen LogP contribution < -0.4 is 5.32 Å². The molecule has 1 heteroatoms. The number of hydrogen-bond donors (Lipinski definition) is 1. The van der Waals surface area contributed by atoms with Crippen molar-refractivity contribution in [2.45, 2.75) is 27.2 Å². The van der Waals surface area contributed by atoms with Crippen LogP contribution >= 0.6 is 0 Å². The molecule has 1 aliphatic heterocycles. The van der Waals surface area contributed by atoms with Gasteiger partial charge in [-0.15, -0.1) is 0 Å². The minimum absolute atomic E-state index is 0.398. The molecule has 1 heterocycles. The van der Waals surface area contributed by atoms with Crippen LogP contribution in [0.1, 0.15) is 27.2 Å². The van der Waals surface area contributed by atoms with E-state index in [-0.39, 0.29) is 0 Å². The highest BCUT2D eigenvalue weighted by Gasteiger charge is 2.11. The van der Waals surface area contributed by atoms with E-state index in [2.05, 4.69) is 44.4 Å². The van der Waals surface area contributed by atoms with E-state index in [1.807, 2.05) is 0 Å². The van der Waals surface area contributed by atoms with Crippen LogP contribution in [0, 0.1) is 5.41 Å². The fourth-order valence-corrected chi connectivity index (χ4v) is 1.24. The average Bonchev–Trinajstić information content (AvgIpc) is 1.85. The van der Waals surface area contributed by atoms with Gasteiger partial charge in [-0.2, -0.15) is 0 Å². The molecule has 1 N–H and O–H groups in total. The first-order valence-corrected chi connectivity index (χ1v) is 4.17. The lowest BCUT2D eigenvalue weighted by Crippen LogP contribution is -2.13. The monoisotopic (exact) mass is 151 g/mol. The largest absolute Gasteiger partial charge is 0.387 e. The van der Waals surface area contributed by atoms with Gasteiger partial charge in [0.15, 0.2) is 0 Å². The number of hydrogen-bond acceptors (Lipinski definition) is 1. The molecular formula is C10H17N. The predicted octanol–water partition coefficient (Wildman–Crippen LogP) is 2.47. The zero-order valence-electron chi connectivity index (χ0n) is 7.65.